The van der Waals surface area contributed by atoms with E-state index in [1.54, 1.807) is 0 Å². The molecular formula is C14H29N. The largest absolute Gasteiger partial charge is 0.303 e. The van der Waals surface area contributed by atoms with E-state index in [2.05, 4.69) is 25.7 Å². The molecule has 0 spiro atoms. The molecular weight excluding hydrogens is 182 g/mol. The smallest absolute Gasteiger partial charge is 0.00185 e. The number of hydrogen-bond donors (Lipinski definition) is 0. The molecule has 1 heteroatoms. The van der Waals surface area contributed by atoms with Crippen molar-refractivity contribution in [2.24, 2.45) is 5.41 Å². The van der Waals surface area contributed by atoms with Crippen LogP contribution in [0.25, 0.3) is 0 Å². The van der Waals surface area contributed by atoms with Gasteiger partial charge in [0.05, 0.1) is 0 Å². The third-order valence-electron chi connectivity index (χ3n) is 3.73. The summed E-state index contributed by atoms with van der Waals surface area (Å²) in [6.45, 7) is 11.2. The zero-order chi connectivity index (χ0) is 11.1. The summed E-state index contributed by atoms with van der Waals surface area (Å²) in [4.78, 5) is 2.69. The topological polar surface area (TPSA) is 3.24 Å². The zero-order valence-electron chi connectivity index (χ0n) is 11.0. The van der Waals surface area contributed by atoms with Gasteiger partial charge in [0.2, 0.25) is 0 Å². The Kier molecular flexibility index (Phi) is 5.66. The highest BCUT2D eigenvalue weighted by molar-refractivity contribution is 4.74. The van der Waals surface area contributed by atoms with Crippen molar-refractivity contribution < 1.29 is 0 Å². The van der Waals surface area contributed by atoms with Crippen molar-refractivity contribution in [1.29, 1.82) is 0 Å². The minimum absolute atomic E-state index is 0.607. The minimum atomic E-state index is 0.607. The lowest BCUT2D eigenvalue weighted by atomic mass is 9.82. The Labute approximate surface area is 96.2 Å². The van der Waals surface area contributed by atoms with Gasteiger partial charge in [0.1, 0.15) is 0 Å². The Balaban J connectivity index is 2.20. The molecule has 15 heavy (non-hydrogen) atoms. The van der Waals surface area contributed by atoms with Gasteiger partial charge in [0.15, 0.2) is 0 Å². The molecule has 0 aromatic heterocycles. The van der Waals surface area contributed by atoms with E-state index in [4.69, 9.17) is 0 Å². The quantitative estimate of drug-likeness (QED) is 0.633. The molecule has 0 aliphatic carbocycles. The van der Waals surface area contributed by atoms with E-state index < -0.39 is 0 Å². The van der Waals surface area contributed by atoms with Crippen molar-refractivity contribution in [2.45, 2.75) is 65.7 Å². The van der Waals surface area contributed by atoms with Gasteiger partial charge >= 0.3 is 0 Å². The second-order valence-corrected chi connectivity index (χ2v) is 5.92. The van der Waals surface area contributed by atoms with Crippen LogP contribution in [0.4, 0.5) is 0 Å². The second-order valence-electron chi connectivity index (χ2n) is 5.92. The molecule has 0 saturated carbocycles. The molecule has 0 radical (unpaired) electrons. The minimum Gasteiger partial charge on any atom is -0.303 e. The molecule has 90 valence electrons. The Morgan fingerprint density at radius 2 is 1.60 bits per heavy atom. The summed E-state index contributed by atoms with van der Waals surface area (Å²) in [5.41, 5.74) is 0.607. The number of rotatable bonds is 4. The first-order chi connectivity index (χ1) is 7.14. The summed E-state index contributed by atoms with van der Waals surface area (Å²) in [5, 5.41) is 0. The molecule has 0 aromatic rings. The Morgan fingerprint density at radius 1 is 1.00 bits per heavy atom. The molecule has 1 aliphatic heterocycles. The number of nitrogens with zero attached hydrogens (tertiary/aromatic N) is 1. The maximum Gasteiger partial charge on any atom is -0.00185 e. The number of unbranched alkanes of at least 4 members (excludes halogenated alkanes) is 2. The maximum atomic E-state index is 2.69. The van der Waals surface area contributed by atoms with Gasteiger partial charge in [-0.15, -0.1) is 0 Å². The molecule has 0 atom stereocenters. The highest BCUT2D eigenvalue weighted by Crippen LogP contribution is 2.30. The van der Waals surface area contributed by atoms with Gasteiger partial charge < -0.3 is 4.90 Å². The second kappa shape index (κ2) is 6.52. The lowest BCUT2D eigenvalue weighted by Gasteiger charge is -2.32. The van der Waals surface area contributed by atoms with Crippen LogP contribution < -0.4 is 0 Å². The van der Waals surface area contributed by atoms with Crippen LogP contribution in [0.2, 0.25) is 0 Å². The fraction of sp³-hybridized carbons (Fsp3) is 1.00. The summed E-state index contributed by atoms with van der Waals surface area (Å²) in [6.07, 6.45) is 9.79. The lowest BCUT2D eigenvalue weighted by molar-refractivity contribution is 0.183. The number of hydrogen-bond acceptors (Lipinski definition) is 1. The molecule has 1 fully saturated rings. The molecule has 1 heterocycles. The molecule has 0 N–H and O–H groups in total. The summed E-state index contributed by atoms with van der Waals surface area (Å²) < 4.78 is 0. The normalized spacial score (nSPS) is 23.4. The third kappa shape index (κ3) is 5.55. The maximum absolute atomic E-state index is 2.69. The van der Waals surface area contributed by atoms with Crippen molar-refractivity contribution in [1.82, 2.24) is 4.90 Å². The highest BCUT2D eigenvalue weighted by Gasteiger charge is 2.20. The van der Waals surface area contributed by atoms with Crippen LogP contribution in [0.5, 0.6) is 0 Å². The summed E-state index contributed by atoms with van der Waals surface area (Å²) in [7, 11) is 0. The van der Waals surface area contributed by atoms with E-state index in [0.717, 1.165) is 0 Å². The average molecular weight is 211 g/mol. The van der Waals surface area contributed by atoms with Crippen LogP contribution in [-0.2, 0) is 0 Å². The fourth-order valence-electron chi connectivity index (χ4n) is 2.61. The molecule has 0 amide bonds. The van der Waals surface area contributed by atoms with E-state index in [1.165, 1.54) is 64.6 Å². The average Bonchev–Trinajstić information content (AvgIpc) is 2.14. The first-order valence-corrected chi connectivity index (χ1v) is 6.86. The summed E-state index contributed by atoms with van der Waals surface area (Å²) >= 11 is 0. The van der Waals surface area contributed by atoms with E-state index in [0.29, 0.717) is 5.41 Å². The van der Waals surface area contributed by atoms with Gasteiger partial charge in [-0.05, 0) is 57.2 Å². The van der Waals surface area contributed by atoms with E-state index in [9.17, 15) is 0 Å². The van der Waals surface area contributed by atoms with Gasteiger partial charge in [-0.25, -0.2) is 0 Å². The Hall–Kier alpha value is -0.0400. The fourth-order valence-corrected chi connectivity index (χ4v) is 2.61. The summed E-state index contributed by atoms with van der Waals surface area (Å²) in [5.74, 6) is 0. The van der Waals surface area contributed by atoms with E-state index in [-0.39, 0.29) is 0 Å². The van der Waals surface area contributed by atoms with Gasteiger partial charge in [0, 0.05) is 0 Å². The molecule has 1 nitrogen and oxygen atoms in total. The van der Waals surface area contributed by atoms with Crippen molar-refractivity contribution in [3.63, 3.8) is 0 Å². The SMILES string of the molecule is CCCCCN1CCCC(C)(C)CCC1. The van der Waals surface area contributed by atoms with Gasteiger partial charge in [-0.3, -0.25) is 0 Å². The first kappa shape index (κ1) is 13.0. The molecule has 1 rings (SSSR count). The monoisotopic (exact) mass is 211 g/mol. The van der Waals surface area contributed by atoms with Crippen LogP contribution in [-0.4, -0.2) is 24.5 Å². The van der Waals surface area contributed by atoms with E-state index >= 15 is 0 Å². The van der Waals surface area contributed by atoms with Crippen LogP contribution in [0, 0.1) is 5.41 Å². The molecule has 1 saturated heterocycles. The highest BCUT2D eigenvalue weighted by atomic mass is 15.1. The van der Waals surface area contributed by atoms with Gasteiger partial charge in [0.25, 0.3) is 0 Å². The van der Waals surface area contributed by atoms with Gasteiger partial charge in [-0.2, -0.15) is 0 Å². The Morgan fingerprint density at radius 3 is 2.13 bits per heavy atom. The molecule has 0 unspecified atom stereocenters. The van der Waals surface area contributed by atoms with Crippen molar-refractivity contribution in [2.75, 3.05) is 19.6 Å². The van der Waals surface area contributed by atoms with E-state index in [1.807, 2.05) is 0 Å². The predicted octanol–water partition coefficient (Wildman–Crippen LogP) is 4.08. The van der Waals surface area contributed by atoms with Crippen LogP contribution in [0.3, 0.4) is 0 Å². The third-order valence-corrected chi connectivity index (χ3v) is 3.73. The van der Waals surface area contributed by atoms with Crippen molar-refractivity contribution in [3.8, 4) is 0 Å². The van der Waals surface area contributed by atoms with Crippen LogP contribution in [0.1, 0.15) is 65.7 Å². The van der Waals surface area contributed by atoms with Crippen molar-refractivity contribution >= 4 is 0 Å². The van der Waals surface area contributed by atoms with Crippen LogP contribution in [0.15, 0.2) is 0 Å². The van der Waals surface area contributed by atoms with Gasteiger partial charge in [-0.1, -0.05) is 33.6 Å². The molecule has 1 aliphatic rings. The predicted molar refractivity (Wildman–Crippen MR) is 68.2 cm³/mol. The van der Waals surface area contributed by atoms with Crippen LogP contribution >= 0.6 is 0 Å². The van der Waals surface area contributed by atoms with Crippen molar-refractivity contribution in [3.05, 3.63) is 0 Å². The molecule has 0 aromatic carbocycles. The summed E-state index contributed by atoms with van der Waals surface area (Å²) in [6, 6.07) is 0. The first-order valence-electron chi connectivity index (χ1n) is 6.86. The zero-order valence-corrected chi connectivity index (χ0v) is 11.0. The Bertz CT molecular complexity index is 151. The number of likely N-dealkylation sites (tertiary alicyclic amines) is 1. The lowest BCUT2D eigenvalue weighted by Crippen LogP contribution is -2.31. The molecule has 0 bridgehead atoms. The standard InChI is InChI=1S/C14H29N/c1-4-5-6-11-15-12-7-9-14(2,3)10-8-13-15/h4-13H2,1-3H3.